The van der Waals surface area contributed by atoms with Gasteiger partial charge in [0.1, 0.15) is 11.5 Å². The molecule has 156 valence electrons. The Morgan fingerprint density at radius 3 is 2.79 bits per heavy atom. The van der Waals surface area contributed by atoms with E-state index in [9.17, 15) is 9.90 Å². The first-order valence-corrected chi connectivity index (χ1v) is 10.4. The van der Waals surface area contributed by atoms with E-state index in [1.165, 1.54) is 16.6 Å². The molecule has 4 rings (SSSR count). The van der Waals surface area contributed by atoms with Gasteiger partial charge in [-0.05, 0) is 43.4 Å². The van der Waals surface area contributed by atoms with Crippen molar-refractivity contribution in [3.63, 3.8) is 0 Å². The molecule has 2 aliphatic heterocycles. The van der Waals surface area contributed by atoms with E-state index in [4.69, 9.17) is 9.47 Å². The number of methoxy groups -OCH3 is 2. The van der Waals surface area contributed by atoms with Crippen LogP contribution in [0.1, 0.15) is 44.0 Å². The number of fused-ring (bicyclic) bond motifs is 5. The van der Waals surface area contributed by atoms with Crippen molar-refractivity contribution in [1.29, 1.82) is 0 Å². The lowest BCUT2D eigenvalue weighted by molar-refractivity contribution is -0.134. The van der Waals surface area contributed by atoms with Crippen molar-refractivity contribution in [1.82, 2.24) is 9.88 Å². The number of aromatic nitrogens is 1. The molecule has 29 heavy (non-hydrogen) atoms. The Hall–Kier alpha value is -2.47. The van der Waals surface area contributed by atoms with Gasteiger partial charge in [-0.1, -0.05) is 19.4 Å². The first-order valence-electron chi connectivity index (χ1n) is 10.4. The van der Waals surface area contributed by atoms with Gasteiger partial charge in [0.05, 0.1) is 25.8 Å². The number of nitrogens with one attached hydrogen (secondary N) is 1. The van der Waals surface area contributed by atoms with Gasteiger partial charge in [0.25, 0.3) is 0 Å². The number of piperidine rings is 1. The van der Waals surface area contributed by atoms with Crippen molar-refractivity contribution in [2.24, 2.45) is 11.8 Å². The van der Waals surface area contributed by atoms with Gasteiger partial charge in [-0.15, -0.1) is 0 Å². The minimum atomic E-state index is -0.865. The molecule has 3 atom stereocenters. The third-order valence-corrected chi connectivity index (χ3v) is 6.89. The lowest BCUT2D eigenvalue weighted by Gasteiger charge is -2.46. The Balaban J connectivity index is 1.79. The number of aliphatic carboxylic acids is 1. The molecule has 0 unspecified atom stereocenters. The number of rotatable bonds is 5. The minimum Gasteiger partial charge on any atom is -0.501 e. The average Bonchev–Trinajstić information content (AvgIpc) is 3.12. The molecule has 3 heterocycles. The fourth-order valence-corrected chi connectivity index (χ4v) is 5.40. The van der Waals surface area contributed by atoms with Gasteiger partial charge in [-0.2, -0.15) is 0 Å². The van der Waals surface area contributed by atoms with Crippen LogP contribution in [0.3, 0.4) is 0 Å². The van der Waals surface area contributed by atoms with Crippen LogP contribution in [-0.2, 0) is 16.0 Å². The SMILES string of the molecule is CC[C@@H]1CN2CCc3c([nH]c4cccc(OC)c34)[C@@H]2C[C@@H]1C(C(=O)O)=C(C)OC. The standard InChI is InChI=1S/C23H30N2O4/c1-5-14-12-25-10-9-15-21-17(7-6-8-19(21)29-4)24-22(15)18(25)11-16(14)20(23(26)27)13(2)28-3/h6-8,14,16,18,24H,5,9-12H2,1-4H3,(H,26,27)/t14-,16+,18+/m1/s1. The molecule has 0 saturated carbocycles. The van der Waals surface area contributed by atoms with E-state index in [1.54, 1.807) is 21.1 Å². The van der Waals surface area contributed by atoms with E-state index < -0.39 is 5.97 Å². The average molecular weight is 399 g/mol. The fourth-order valence-electron chi connectivity index (χ4n) is 5.40. The van der Waals surface area contributed by atoms with Crippen molar-refractivity contribution >= 4 is 16.9 Å². The molecule has 6 heteroatoms. The van der Waals surface area contributed by atoms with Crippen LogP contribution in [0.2, 0.25) is 0 Å². The zero-order valence-corrected chi connectivity index (χ0v) is 17.6. The molecule has 2 aliphatic rings. The maximum absolute atomic E-state index is 12.1. The molecule has 1 fully saturated rings. The monoisotopic (exact) mass is 398 g/mol. The van der Waals surface area contributed by atoms with E-state index in [0.717, 1.165) is 43.6 Å². The van der Waals surface area contributed by atoms with Crippen LogP contribution in [-0.4, -0.2) is 48.3 Å². The van der Waals surface area contributed by atoms with Crippen molar-refractivity contribution in [2.45, 2.75) is 39.2 Å². The van der Waals surface area contributed by atoms with Crippen molar-refractivity contribution in [3.05, 3.63) is 40.8 Å². The summed E-state index contributed by atoms with van der Waals surface area (Å²) in [6, 6.07) is 6.29. The first-order chi connectivity index (χ1) is 14.0. The highest BCUT2D eigenvalue weighted by molar-refractivity contribution is 5.91. The largest absolute Gasteiger partial charge is 0.501 e. The number of nitrogens with zero attached hydrogens (tertiary/aromatic N) is 1. The number of benzene rings is 1. The number of H-pyrrole nitrogens is 1. The number of allylic oxidation sites excluding steroid dienone is 1. The number of hydrogen-bond acceptors (Lipinski definition) is 4. The van der Waals surface area contributed by atoms with Crippen LogP contribution >= 0.6 is 0 Å². The van der Waals surface area contributed by atoms with E-state index in [-0.39, 0.29) is 12.0 Å². The van der Waals surface area contributed by atoms with Gasteiger partial charge in [0.15, 0.2) is 0 Å². The summed E-state index contributed by atoms with van der Waals surface area (Å²) in [6.07, 6.45) is 2.71. The maximum atomic E-state index is 12.1. The summed E-state index contributed by atoms with van der Waals surface area (Å²) in [5.74, 6) is 0.828. The Bertz CT molecular complexity index is 961. The molecular formula is C23H30N2O4. The van der Waals surface area contributed by atoms with Crippen LogP contribution in [0, 0.1) is 11.8 Å². The van der Waals surface area contributed by atoms with Crippen LogP contribution < -0.4 is 4.74 Å². The highest BCUT2D eigenvalue weighted by Crippen LogP contribution is 2.47. The summed E-state index contributed by atoms with van der Waals surface area (Å²) in [4.78, 5) is 18.3. The van der Waals surface area contributed by atoms with Crippen LogP contribution in [0.4, 0.5) is 0 Å². The lowest BCUT2D eigenvalue weighted by Crippen LogP contribution is -2.47. The second-order valence-electron chi connectivity index (χ2n) is 8.15. The summed E-state index contributed by atoms with van der Waals surface area (Å²) < 4.78 is 11.0. The third kappa shape index (κ3) is 3.19. The predicted octanol–water partition coefficient (Wildman–Crippen LogP) is 4.13. The van der Waals surface area contributed by atoms with Crippen LogP contribution in [0.15, 0.2) is 29.5 Å². The van der Waals surface area contributed by atoms with Crippen molar-refractivity contribution < 1.29 is 19.4 Å². The molecule has 0 radical (unpaired) electrons. The molecule has 0 aliphatic carbocycles. The summed E-state index contributed by atoms with van der Waals surface area (Å²) in [5.41, 5.74) is 4.05. The number of ether oxygens (including phenoxy) is 2. The number of hydrogen-bond donors (Lipinski definition) is 2. The maximum Gasteiger partial charge on any atom is 0.335 e. The molecule has 6 nitrogen and oxygen atoms in total. The summed E-state index contributed by atoms with van der Waals surface area (Å²) >= 11 is 0. The van der Waals surface area contributed by atoms with E-state index in [2.05, 4.69) is 22.9 Å². The molecule has 0 spiro atoms. The smallest absolute Gasteiger partial charge is 0.335 e. The summed E-state index contributed by atoms with van der Waals surface area (Å²) in [5, 5.41) is 11.1. The molecule has 2 N–H and O–H groups in total. The van der Waals surface area contributed by atoms with Gasteiger partial charge in [-0.25, -0.2) is 4.79 Å². The van der Waals surface area contributed by atoms with E-state index >= 15 is 0 Å². The number of aromatic amines is 1. The Labute approximate surface area is 171 Å². The van der Waals surface area contributed by atoms with Crippen molar-refractivity contribution in [3.8, 4) is 5.75 Å². The van der Waals surface area contributed by atoms with Gasteiger partial charge in [0, 0.05) is 35.6 Å². The first kappa shape index (κ1) is 19.8. The second-order valence-corrected chi connectivity index (χ2v) is 8.15. The normalized spacial score (nSPS) is 25.2. The van der Waals surface area contributed by atoms with Gasteiger partial charge in [-0.3, -0.25) is 4.90 Å². The third-order valence-electron chi connectivity index (χ3n) is 6.89. The molecular weight excluding hydrogens is 368 g/mol. The number of carbonyl (C=O) groups is 1. The van der Waals surface area contributed by atoms with Gasteiger partial charge >= 0.3 is 5.97 Å². The van der Waals surface area contributed by atoms with Crippen molar-refractivity contribution in [2.75, 3.05) is 27.3 Å². The Morgan fingerprint density at radius 1 is 1.34 bits per heavy atom. The fraction of sp³-hybridized carbons (Fsp3) is 0.522. The lowest BCUT2D eigenvalue weighted by atomic mass is 9.73. The quantitative estimate of drug-likeness (QED) is 0.585. The highest BCUT2D eigenvalue weighted by Gasteiger charge is 2.43. The zero-order chi connectivity index (χ0) is 20.7. The molecule has 0 amide bonds. The second kappa shape index (κ2) is 7.75. The molecule has 1 saturated heterocycles. The van der Waals surface area contributed by atoms with Crippen LogP contribution in [0.5, 0.6) is 5.75 Å². The Kier molecular flexibility index (Phi) is 5.30. The van der Waals surface area contributed by atoms with E-state index in [1.807, 2.05) is 12.1 Å². The summed E-state index contributed by atoms with van der Waals surface area (Å²) in [7, 11) is 3.26. The molecule has 2 aromatic rings. The predicted molar refractivity (Wildman–Crippen MR) is 112 cm³/mol. The minimum absolute atomic E-state index is 0.0297. The molecule has 1 aromatic heterocycles. The Morgan fingerprint density at radius 2 is 2.14 bits per heavy atom. The molecule has 0 bridgehead atoms. The van der Waals surface area contributed by atoms with Gasteiger partial charge in [0.2, 0.25) is 0 Å². The van der Waals surface area contributed by atoms with Gasteiger partial charge < -0.3 is 19.6 Å². The number of carboxylic acid groups (broad SMARTS) is 1. The summed E-state index contributed by atoms with van der Waals surface area (Å²) in [6.45, 7) is 5.82. The molecule has 1 aromatic carbocycles. The number of carboxylic acids is 1. The zero-order valence-electron chi connectivity index (χ0n) is 17.6. The van der Waals surface area contributed by atoms with Crippen LogP contribution in [0.25, 0.3) is 10.9 Å². The highest BCUT2D eigenvalue weighted by atomic mass is 16.5. The van der Waals surface area contributed by atoms with E-state index in [0.29, 0.717) is 17.3 Å². The topological polar surface area (TPSA) is 74.8 Å².